The summed E-state index contributed by atoms with van der Waals surface area (Å²) in [6.45, 7) is 0.0178. The molecule has 0 aliphatic carbocycles. The molecule has 2 aromatic rings. The Morgan fingerprint density at radius 1 is 1.24 bits per heavy atom. The van der Waals surface area contributed by atoms with Crippen molar-refractivity contribution in [1.82, 2.24) is 4.72 Å². The first-order valence-electron chi connectivity index (χ1n) is 5.94. The highest BCUT2D eigenvalue weighted by atomic mass is 79.9. The fourth-order valence-corrected chi connectivity index (χ4v) is 4.07. The minimum Gasteiger partial charge on any atom is -0.384 e. The van der Waals surface area contributed by atoms with Crippen molar-refractivity contribution in [3.63, 3.8) is 0 Å². The van der Waals surface area contributed by atoms with Crippen LogP contribution in [0.1, 0.15) is 10.4 Å². The summed E-state index contributed by atoms with van der Waals surface area (Å²) in [5, 5.41) is 10.5. The number of nitrogens with one attached hydrogen (secondary N) is 1. The highest BCUT2D eigenvalue weighted by Crippen LogP contribution is 2.23. The van der Waals surface area contributed by atoms with E-state index in [1.165, 1.54) is 23.5 Å². The second kappa shape index (κ2) is 7.20. The SMILES string of the molecule is O=S(=O)(NCc1sccc1Br)c1ccc(C#CCO)cc1. The number of benzene rings is 1. The molecule has 0 amide bonds. The summed E-state index contributed by atoms with van der Waals surface area (Å²) in [6, 6.07) is 8.08. The molecule has 1 aromatic carbocycles. The average molecular weight is 386 g/mol. The summed E-state index contributed by atoms with van der Waals surface area (Å²) in [7, 11) is -3.55. The molecule has 0 saturated heterocycles. The Balaban J connectivity index is 2.10. The number of hydrogen-bond donors (Lipinski definition) is 2. The van der Waals surface area contributed by atoms with E-state index in [1.807, 2.05) is 11.4 Å². The van der Waals surface area contributed by atoms with Crippen LogP contribution in [0.25, 0.3) is 0 Å². The second-order valence-electron chi connectivity index (χ2n) is 4.00. The maximum atomic E-state index is 12.2. The third kappa shape index (κ3) is 4.40. The van der Waals surface area contributed by atoms with Crippen LogP contribution in [-0.2, 0) is 16.6 Å². The molecule has 0 bridgehead atoms. The van der Waals surface area contributed by atoms with Gasteiger partial charge in [-0.25, -0.2) is 13.1 Å². The van der Waals surface area contributed by atoms with Gasteiger partial charge in [-0.3, -0.25) is 0 Å². The van der Waals surface area contributed by atoms with E-state index in [9.17, 15) is 8.42 Å². The van der Waals surface area contributed by atoms with Crippen molar-refractivity contribution < 1.29 is 13.5 Å². The van der Waals surface area contributed by atoms with Crippen LogP contribution in [0.3, 0.4) is 0 Å². The highest BCUT2D eigenvalue weighted by Gasteiger charge is 2.14. The third-order valence-electron chi connectivity index (χ3n) is 2.59. The van der Waals surface area contributed by atoms with E-state index in [1.54, 1.807) is 12.1 Å². The lowest BCUT2D eigenvalue weighted by Gasteiger charge is -2.06. The van der Waals surface area contributed by atoms with Crippen molar-refractivity contribution in [2.75, 3.05) is 6.61 Å². The molecular weight excluding hydrogens is 374 g/mol. The molecule has 7 heteroatoms. The standard InChI is InChI=1S/C14H12BrNO3S2/c15-13-7-9-20-14(13)10-16-21(18,19)12-5-3-11(4-6-12)2-1-8-17/h3-7,9,16-17H,8,10H2. The fraction of sp³-hybridized carbons (Fsp3) is 0.143. The molecule has 0 aliphatic heterocycles. The van der Waals surface area contributed by atoms with Gasteiger partial charge in [0.05, 0.1) is 4.90 Å². The van der Waals surface area contributed by atoms with E-state index >= 15 is 0 Å². The first-order chi connectivity index (χ1) is 10.0. The topological polar surface area (TPSA) is 66.4 Å². The smallest absolute Gasteiger partial charge is 0.240 e. The largest absolute Gasteiger partial charge is 0.384 e. The summed E-state index contributed by atoms with van der Waals surface area (Å²) in [6.07, 6.45) is 0. The molecule has 0 atom stereocenters. The van der Waals surface area contributed by atoms with E-state index < -0.39 is 10.0 Å². The maximum Gasteiger partial charge on any atom is 0.240 e. The summed E-state index contributed by atoms with van der Waals surface area (Å²) in [5.74, 6) is 5.22. The lowest BCUT2D eigenvalue weighted by molar-refractivity contribution is 0.350. The molecule has 0 spiro atoms. The predicted octanol–water partition coefficient (Wildman–Crippen LogP) is 2.33. The molecule has 1 aromatic heterocycles. The molecule has 110 valence electrons. The lowest BCUT2D eigenvalue weighted by atomic mass is 10.2. The number of sulfonamides is 1. The second-order valence-corrected chi connectivity index (χ2v) is 7.62. The van der Waals surface area contributed by atoms with E-state index in [0.717, 1.165) is 9.35 Å². The van der Waals surface area contributed by atoms with Crippen LogP contribution in [0.4, 0.5) is 0 Å². The molecule has 2 rings (SSSR count). The number of aliphatic hydroxyl groups excluding tert-OH is 1. The Morgan fingerprint density at radius 3 is 2.52 bits per heavy atom. The molecule has 0 unspecified atom stereocenters. The predicted molar refractivity (Wildman–Crippen MR) is 86.5 cm³/mol. The molecule has 21 heavy (non-hydrogen) atoms. The van der Waals surface area contributed by atoms with Crippen molar-refractivity contribution in [2.24, 2.45) is 0 Å². The van der Waals surface area contributed by atoms with Gasteiger partial charge >= 0.3 is 0 Å². The number of hydrogen-bond acceptors (Lipinski definition) is 4. The van der Waals surface area contributed by atoms with Crippen LogP contribution in [0, 0.1) is 11.8 Å². The molecule has 4 nitrogen and oxygen atoms in total. The number of aliphatic hydroxyl groups is 1. The Hall–Kier alpha value is -1.17. The maximum absolute atomic E-state index is 12.2. The zero-order valence-corrected chi connectivity index (χ0v) is 14.1. The van der Waals surface area contributed by atoms with Gasteiger partial charge in [0.25, 0.3) is 0 Å². The van der Waals surface area contributed by atoms with Crippen LogP contribution in [0.5, 0.6) is 0 Å². The Labute approximate surface area is 136 Å². The molecule has 2 N–H and O–H groups in total. The van der Waals surface area contributed by atoms with E-state index in [4.69, 9.17) is 5.11 Å². The van der Waals surface area contributed by atoms with Crippen molar-refractivity contribution in [2.45, 2.75) is 11.4 Å². The quantitative estimate of drug-likeness (QED) is 0.793. The molecule has 0 saturated carbocycles. The lowest BCUT2D eigenvalue weighted by Crippen LogP contribution is -2.22. The van der Waals surface area contributed by atoms with Gasteiger partial charge in [-0.2, -0.15) is 0 Å². The average Bonchev–Trinajstić information content (AvgIpc) is 2.89. The monoisotopic (exact) mass is 385 g/mol. The Bertz CT molecular complexity index is 771. The molecule has 0 aliphatic rings. The zero-order valence-electron chi connectivity index (χ0n) is 10.8. The van der Waals surface area contributed by atoms with E-state index in [-0.39, 0.29) is 18.0 Å². The van der Waals surface area contributed by atoms with Crippen molar-refractivity contribution >= 4 is 37.3 Å². The fourth-order valence-electron chi connectivity index (χ4n) is 1.55. The normalized spacial score (nSPS) is 11.0. The Morgan fingerprint density at radius 2 is 1.95 bits per heavy atom. The minimum absolute atomic E-state index is 0.185. The van der Waals surface area contributed by atoms with Crippen molar-refractivity contribution in [3.05, 3.63) is 50.6 Å². The molecule has 0 radical (unpaired) electrons. The summed E-state index contributed by atoms with van der Waals surface area (Å²) in [5.41, 5.74) is 0.656. The molecule has 1 heterocycles. The minimum atomic E-state index is -3.55. The summed E-state index contributed by atoms with van der Waals surface area (Å²) < 4.78 is 27.8. The van der Waals surface area contributed by atoms with Crippen LogP contribution < -0.4 is 4.72 Å². The Kier molecular flexibility index (Phi) is 5.56. The van der Waals surface area contributed by atoms with Gasteiger partial charge in [0.2, 0.25) is 10.0 Å². The highest BCUT2D eigenvalue weighted by molar-refractivity contribution is 9.10. The van der Waals surface area contributed by atoms with Gasteiger partial charge in [0, 0.05) is 21.5 Å². The van der Waals surface area contributed by atoms with Crippen LogP contribution in [0.15, 0.2) is 45.1 Å². The van der Waals surface area contributed by atoms with Crippen molar-refractivity contribution in [1.29, 1.82) is 0 Å². The van der Waals surface area contributed by atoms with Gasteiger partial charge in [-0.1, -0.05) is 11.8 Å². The zero-order chi connectivity index (χ0) is 15.3. The van der Waals surface area contributed by atoms with Gasteiger partial charge in [0.15, 0.2) is 0 Å². The van der Waals surface area contributed by atoms with E-state index in [0.29, 0.717) is 5.56 Å². The molecular formula is C14H12BrNO3S2. The first-order valence-corrected chi connectivity index (χ1v) is 9.10. The third-order valence-corrected chi connectivity index (χ3v) is 5.93. The van der Waals surface area contributed by atoms with Crippen LogP contribution >= 0.6 is 27.3 Å². The number of halogens is 1. The van der Waals surface area contributed by atoms with E-state index in [2.05, 4.69) is 32.5 Å². The van der Waals surface area contributed by atoms with Crippen molar-refractivity contribution in [3.8, 4) is 11.8 Å². The first kappa shape index (κ1) is 16.2. The van der Waals surface area contributed by atoms with Crippen LogP contribution in [-0.4, -0.2) is 20.1 Å². The van der Waals surface area contributed by atoms with Crippen LogP contribution in [0.2, 0.25) is 0 Å². The van der Waals surface area contributed by atoms with Gasteiger partial charge < -0.3 is 5.11 Å². The summed E-state index contributed by atoms with van der Waals surface area (Å²) in [4.78, 5) is 1.11. The summed E-state index contributed by atoms with van der Waals surface area (Å²) >= 11 is 4.85. The molecule has 0 fully saturated rings. The van der Waals surface area contributed by atoms with Gasteiger partial charge in [0.1, 0.15) is 6.61 Å². The van der Waals surface area contributed by atoms with Gasteiger partial charge in [-0.15, -0.1) is 11.3 Å². The number of thiophene rings is 1. The van der Waals surface area contributed by atoms with Gasteiger partial charge in [-0.05, 0) is 51.6 Å². The number of rotatable bonds is 4.